The molecular weight excluding hydrogens is 160 g/mol. The molecule has 3 N–H and O–H groups in total. The van der Waals surface area contributed by atoms with E-state index in [0.717, 1.165) is 19.5 Å². The van der Waals surface area contributed by atoms with E-state index in [4.69, 9.17) is 5.73 Å². The molecule has 13 heavy (non-hydrogen) atoms. The summed E-state index contributed by atoms with van der Waals surface area (Å²) < 4.78 is 0. The lowest BCUT2D eigenvalue weighted by molar-refractivity contribution is 0.686. The highest BCUT2D eigenvalue weighted by Crippen LogP contribution is 2.35. The van der Waals surface area contributed by atoms with Crippen molar-refractivity contribution in [1.82, 2.24) is 0 Å². The second kappa shape index (κ2) is 3.38. The van der Waals surface area contributed by atoms with Crippen molar-refractivity contribution in [3.8, 4) is 0 Å². The molecule has 0 radical (unpaired) electrons. The maximum Gasteiger partial charge on any atom is 0.0406 e. The van der Waals surface area contributed by atoms with Gasteiger partial charge in [0.1, 0.15) is 0 Å². The Balaban J connectivity index is 2.32. The molecule has 2 rings (SSSR count). The molecule has 70 valence electrons. The third-order valence-corrected chi connectivity index (χ3v) is 2.79. The average Bonchev–Trinajstić information content (AvgIpc) is 2.51. The van der Waals surface area contributed by atoms with E-state index < -0.39 is 0 Å². The summed E-state index contributed by atoms with van der Waals surface area (Å²) >= 11 is 0. The minimum absolute atomic E-state index is 0.625. The minimum Gasteiger partial charge on any atom is -0.384 e. The van der Waals surface area contributed by atoms with Crippen molar-refractivity contribution in [3.63, 3.8) is 0 Å². The number of benzene rings is 1. The topological polar surface area (TPSA) is 38.0 Å². The van der Waals surface area contributed by atoms with Gasteiger partial charge in [-0.3, -0.25) is 0 Å². The maximum atomic E-state index is 5.58. The number of nitrogens with one attached hydrogen (secondary N) is 1. The maximum absolute atomic E-state index is 5.58. The van der Waals surface area contributed by atoms with E-state index in [2.05, 4.69) is 30.4 Å². The van der Waals surface area contributed by atoms with Crippen LogP contribution in [-0.4, -0.2) is 13.1 Å². The second-order valence-corrected chi connectivity index (χ2v) is 3.69. The molecule has 0 aliphatic carbocycles. The lowest BCUT2D eigenvalue weighted by Crippen LogP contribution is -2.08. The Morgan fingerprint density at radius 3 is 3.15 bits per heavy atom. The number of hydrogen-bond acceptors (Lipinski definition) is 2. The Hall–Kier alpha value is -1.02. The largest absolute Gasteiger partial charge is 0.384 e. The van der Waals surface area contributed by atoms with Crippen LogP contribution >= 0.6 is 0 Å². The molecule has 0 amide bonds. The Kier molecular flexibility index (Phi) is 2.23. The van der Waals surface area contributed by atoms with Crippen LogP contribution in [0.25, 0.3) is 0 Å². The molecule has 1 unspecified atom stereocenters. The van der Waals surface area contributed by atoms with E-state index in [1.54, 1.807) is 0 Å². The van der Waals surface area contributed by atoms with Gasteiger partial charge in [0.2, 0.25) is 0 Å². The molecule has 0 saturated carbocycles. The van der Waals surface area contributed by atoms with Gasteiger partial charge < -0.3 is 11.1 Å². The van der Waals surface area contributed by atoms with Crippen LogP contribution < -0.4 is 11.1 Å². The fourth-order valence-corrected chi connectivity index (χ4v) is 2.07. The molecule has 0 saturated heterocycles. The van der Waals surface area contributed by atoms with Gasteiger partial charge in [-0.05, 0) is 31.0 Å². The summed E-state index contributed by atoms with van der Waals surface area (Å²) in [7, 11) is 0. The Morgan fingerprint density at radius 2 is 2.38 bits per heavy atom. The molecule has 0 aromatic heterocycles. The number of aryl methyl sites for hydroxylation is 1. The van der Waals surface area contributed by atoms with Gasteiger partial charge in [0.25, 0.3) is 0 Å². The quantitative estimate of drug-likeness (QED) is 0.721. The molecule has 2 nitrogen and oxygen atoms in total. The molecule has 1 atom stereocenters. The van der Waals surface area contributed by atoms with Crippen LogP contribution in [0.4, 0.5) is 5.69 Å². The van der Waals surface area contributed by atoms with Gasteiger partial charge >= 0.3 is 0 Å². The molecule has 0 fully saturated rings. The van der Waals surface area contributed by atoms with Gasteiger partial charge in [0.05, 0.1) is 0 Å². The zero-order valence-corrected chi connectivity index (χ0v) is 8.01. The fourth-order valence-electron chi connectivity index (χ4n) is 2.07. The number of hydrogen-bond donors (Lipinski definition) is 2. The molecule has 1 aliphatic heterocycles. The van der Waals surface area contributed by atoms with Crippen LogP contribution in [0.2, 0.25) is 0 Å². The molecular formula is C11H16N2. The average molecular weight is 176 g/mol. The summed E-state index contributed by atoms with van der Waals surface area (Å²) in [4.78, 5) is 0. The summed E-state index contributed by atoms with van der Waals surface area (Å²) in [6.45, 7) is 3.98. The van der Waals surface area contributed by atoms with E-state index in [1.165, 1.54) is 16.8 Å². The number of anilines is 1. The van der Waals surface area contributed by atoms with Crippen LogP contribution in [0.5, 0.6) is 0 Å². The summed E-state index contributed by atoms with van der Waals surface area (Å²) in [5.41, 5.74) is 9.70. The van der Waals surface area contributed by atoms with Crippen LogP contribution in [0.1, 0.15) is 23.5 Å². The first-order chi connectivity index (χ1) is 6.33. The van der Waals surface area contributed by atoms with Gasteiger partial charge in [0, 0.05) is 18.2 Å². The van der Waals surface area contributed by atoms with E-state index in [-0.39, 0.29) is 0 Å². The minimum atomic E-state index is 0.625. The predicted molar refractivity (Wildman–Crippen MR) is 56.1 cm³/mol. The van der Waals surface area contributed by atoms with Crippen LogP contribution in [0.3, 0.4) is 0 Å². The van der Waals surface area contributed by atoms with Crippen LogP contribution in [0.15, 0.2) is 18.2 Å². The van der Waals surface area contributed by atoms with E-state index in [9.17, 15) is 0 Å². The number of nitrogens with two attached hydrogens (primary N) is 1. The van der Waals surface area contributed by atoms with E-state index in [0.29, 0.717) is 5.92 Å². The van der Waals surface area contributed by atoms with E-state index >= 15 is 0 Å². The second-order valence-electron chi connectivity index (χ2n) is 3.69. The lowest BCUT2D eigenvalue weighted by Gasteiger charge is -2.07. The first kappa shape index (κ1) is 8.57. The van der Waals surface area contributed by atoms with Gasteiger partial charge in [-0.25, -0.2) is 0 Å². The first-order valence-electron chi connectivity index (χ1n) is 4.86. The van der Waals surface area contributed by atoms with E-state index in [1.807, 2.05) is 0 Å². The third-order valence-electron chi connectivity index (χ3n) is 2.79. The molecule has 0 spiro atoms. The molecule has 1 aromatic rings. The smallest absolute Gasteiger partial charge is 0.0406 e. The highest BCUT2D eigenvalue weighted by atomic mass is 14.9. The molecule has 0 bridgehead atoms. The van der Waals surface area contributed by atoms with Gasteiger partial charge in [0.15, 0.2) is 0 Å². The number of rotatable bonds is 2. The van der Waals surface area contributed by atoms with Crippen molar-refractivity contribution in [2.45, 2.75) is 19.3 Å². The van der Waals surface area contributed by atoms with Crippen molar-refractivity contribution in [3.05, 3.63) is 29.3 Å². The van der Waals surface area contributed by atoms with Crippen LogP contribution in [-0.2, 0) is 0 Å². The van der Waals surface area contributed by atoms with Gasteiger partial charge in [-0.15, -0.1) is 0 Å². The van der Waals surface area contributed by atoms with Crippen molar-refractivity contribution < 1.29 is 0 Å². The Bertz CT molecular complexity index is 307. The predicted octanol–water partition coefficient (Wildman–Crippen LogP) is 1.85. The molecule has 1 aromatic carbocycles. The van der Waals surface area contributed by atoms with Crippen molar-refractivity contribution >= 4 is 5.69 Å². The lowest BCUT2D eigenvalue weighted by atomic mass is 9.96. The Morgan fingerprint density at radius 1 is 1.54 bits per heavy atom. The SMILES string of the molecule is Cc1cccc2c1NCC2CCN. The summed E-state index contributed by atoms with van der Waals surface area (Å²) in [6.07, 6.45) is 1.09. The fraction of sp³-hybridized carbons (Fsp3) is 0.455. The molecule has 2 heteroatoms. The molecule has 1 heterocycles. The van der Waals surface area contributed by atoms with Crippen molar-refractivity contribution in [1.29, 1.82) is 0 Å². The normalized spacial score (nSPS) is 19.7. The summed E-state index contributed by atoms with van der Waals surface area (Å²) in [5, 5.41) is 3.45. The number of para-hydroxylation sites is 1. The highest BCUT2D eigenvalue weighted by molar-refractivity contribution is 5.62. The first-order valence-corrected chi connectivity index (χ1v) is 4.86. The summed E-state index contributed by atoms with van der Waals surface area (Å²) in [5.74, 6) is 0.625. The monoisotopic (exact) mass is 176 g/mol. The zero-order valence-electron chi connectivity index (χ0n) is 8.01. The zero-order chi connectivity index (χ0) is 9.26. The molecule has 1 aliphatic rings. The van der Waals surface area contributed by atoms with Gasteiger partial charge in [-0.2, -0.15) is 0 Å². The number of fused-ring (bicyclic) bond motifs is 1. The standard InChI is InChI=1S/C11H16N2/c1-8-3-2-4-10-9(5-6-12)7-13-11(8)10/h2-4,9,13H,5-7,12H2,1H3. The van der Waals surface area contributed by atoms with Gasteiger partial charge in [-0.1, -0.05) is 18.2 Å². The van der Waals surface area contributed by atoms with Crippen molar-refractivity contribution in [2.24, 2.45) is 5.73 Å². The third kappa shape index (κ3) is 1.42. The highest BCUT2D eigenvalue weighted by Gasteiger charge is 2.21. The summed E-state index contributed by atoms with van der Waals surface area (Å²) in [6, 6.07) is 6.49. The van der Waals surface area contributed by atoms with Crippen LogP contribution in [0, 0.1) is 6.92 Å². The Labute approximate surface area is 79.1 Å². The van der Waals surface area contributed by atoms with Crippen molar-refractivity contribution in [2.75, 3.05) is 18.4 Å².